The highest BCUT2D eigenvalue weighted by Crippen LogP contribution is 2.26. The number of hydrogen-bond acceptors (Lipinski definition) is 6. The second kappa shape index (κ2) is 10.0. The molecule has 2 heterocycles. The smallest absolute Gasteiger partial charge is 0.258 e. The molecule has 0 fully saturated rings. The standard InChI is InChI=1S/C20H17ClN4O3S/c21-14-3-1-4-15(10-14)24-19(28)16-5-2-7-23-20(16)29-12-13-6-8-22-17(9-13)25-18(27)11-26/h1-10,26H,11-12H2,(H,24,28)(H,22,25,27). The molecule has 2 aromatic heterocycles. The molecule has 29 heavy (non-hydrogen) atoms. The summed E-state index contributed by atoms with van der Waals surface area (Å²) in [7, 11) is 0. The number of carbonyl (C=O) groups excluding carboxylic acids is 2. The van der Waals surface area contributed by atoms with Crippen molar-refractivity contribution in [3.05, 3.63) is 77.1 Å². The molecule has 3 aromatic rings. The molecule has 0 unspecified atom stereocenters. The summed E-state index contributed by atoms with van der Waals surface area (Å²) in [5, 5.41) is 15.2. The number of anilines is 2. The highest BCUT2D eigenvalue weighted by Gasteiger charge is 2.14. The van der Waals surface area contributed by atoms with E-state index in [1.807, 2.05) is 0 Å². The number of pyridine rings is 2. The molecule has 0 radical (unpaired) electrons. The van der Waals surface area contributed by atoms with Gasteiger partial charge in [0.25, 0.3) is 11.8 Å². The molecule has 0 spiro atoms. The van der Waals surface area contributed by atoms with Crippen molar-refractivity contribution in [2.45, 2.75) is 10.8 Å². The molecular weight excluding hydrogens is 412 g/mol. The maximum Gasteiger partial charge on any atom is 0.258 e. The predicted octanol–water partition coefficient (Wildman–Crippen LogP) is 3.61. The van der Waals surface area contributed by atoms with E-state index in [9.17, 15) is 9.59 Å². The lowest BCUT2D eigenvalue weighted by molar-refractivity contribution is -0.118. The summed E-state index contributed by atoms with van der Waals surface area (Å²) in [6, 6.07) is 13.8. The van der Waals surface area contributed by atoms with E-state index in [0.717, 1.165) is 5.56 Å². The van der Waals surface area contributed by atoms with E-state index < -0.39 is 12.5 Å². The van der Waals surface area contributed by atoms with Crippen LogP contribution >= 0.6 is 23.4 Å². The van der Waals surface area contributed by atoms with Gasteiger partial charge in [-0.1, -0.05) is 17.7 Å². The second-order valence-corrected chi connectivity index (χ2v) is 7.27. The molecule has 0 aliphatic rings. The molecule has 0 aliphatic heterocycles. The lowest BCUT2D eigenvalue weighted by Crippen LogP contribution is -2.16. The van der Waals surface area contributed by atoms with Crippen LogP contribution in [0.2, 0.25) is 5.02 Å². The van der Waals surface area contributed by atoms with Gasteiger partial charge in [-0.15, -0.1) is 11.8 Å². The number of aliphatic hydroxyl groups is 1. The van der Waals surface area contributed by atoms with E-state index in [0.29, 0.717) is 32.9 Å². The number of carbonyl (C=O) groups is 2. The van der Waals surface area contributed by atoms with Crippen LogP contribution in [0.1, 0.15) is 15.9 Å². The van der Waals surface area contributed by atoms with Crippen molar-refractivity contribution in [3.8, 4) is 0 Å². The van der Waals surface area contributed by atoms with Gasteiger partial charge >= 0.3 is 0 Å². The van der Waals surface area contributed by atoms with Crippen LogP contribution in [0.3, 0.4) is 0 Å². The molecule has 2 amide bonds. The average Bonchev–Trinajstić information content (AvgIpc) is 2.72. The third-order valence-electron chi connectivity index (χ3n) is 3.71. The van der Waals surface area contributed by atoms with Crippen LogP contribution in [-0.2, 0) is 10.5 Å². The van der Waals surface area contributed by atoms with E-state index in [2.05, 4.69) is 20.6 Å². The Morgan fingerprint density at radius 3 is 2.69 bits per heavy atom. The number of nitrogens with zero attached hydrogens (tertiary/aromatic N) is 2. The second-order valence-electron chi connectivity index (χ2n) is 5.86. The fourth-order valence-corrected chi connectivity index (χ4v) is 3.53. The van der Waals surface area contributed by atoms with Crippen molar-refractivity contribution in [1.29, 1.82) is 0 Å². The lowest BCUT2D eigenvalue weighted by atomic mass is 10.2. The number of halogens is 1. The quantitative estimate of drug-likeness (QED) is 0.496. The van der Waals surface area contributed by atoms with Gasteiger partial charge in [0.05, 0.1) is 5.56 Å². The molecule has 3 N–H and O–H groups in total. The fourth-order valence-electron chi connectivity index (χ4n) is 2.41. The third kappa shape index (κ3) is 6.02. The minimum Gasteiger partial charge on any atom is -0.387 e. The number of aromatic nitrogens is 2. The number of rotatable bonds is 7. The van der Waals surface area contributed by atoms with Gasteiger partial charge in [-0.3, -0.25) is 9.59 Å². The first kappa shape index (κ1) is 20.8. The summed E-state index contributed by atoms with van der Waals surface area (Å²) in [5.74, 6) is 0.0430. The molecule has 1 aromatic carbocycles. The van der Waals surface area contributed by atoms with Crippen molar-refractivity contribution in [3.63, 3.8) is 0 Å². The summed E-state index contributed by atoms with van der Waals surface area (Å²) >= 11 is 7.35. The minimum absolute atomic E-state index is 0.284. The van der Waals surface area contributed by atoms with Crippen molar-refractivity contribution in [1.82, 2.24) is 9.97 Å². The van der Waals surface area contributed by atoms with E-state index in [-0.39, 0.29) is 5.91 Å². The Hall–Kier alpha value is -2.94. The molecule has 148 valence electrons. The van der Waals surface area contributed by atoms with Crippen LogP contribution in [0.5, 0.6) is 0 Å². The summed E-state index contributed by atoms with van der Waals surface area (Å²) < 4.78 is 0. The Morgan fingerprint density at radius 2 is 1.90 bits per heavy atom. The first-order chi connectivity index (χ1) is 14.0. The average molecular weight is 429 g/mol. The van der Waals surface area contributed by atoms with Gasteiger partial charge in [0.2, 0.25) is 0 Å². The molecule has 0 atom stereocenters. The molecule has 9 heteroatoms. The SMILES string of the molecule is O=C(CO)Nc1cc(CSc2ncccc2C(=O)Nc2cccc(Cl)c2)ccn1. The topological polar surface area (TPSA) is 104 Å². The van der Waals surface area contributed by atoms with Crippen molar-refractivity contribution in [2.75, 3.05) is 17.2 Å². The van der Waals surface area contributed by atoms with Crippen LogP contribution in [0, 0.1) is 0 Å². The van der Waals surface area contributed by atoms with E-state index in [4.69, 9.17) is 16.7 Å². The third-order valence-corrected chi connectivity index (χ3v) is 5.02. The monoisotopic (exact) mass is 428 g/mol. The zero-order valence-corrected chi connectivity index (χ0v) is 16.7. The zero-order chi connectivity index (χ0) is 20.6. The van der Waals surface area contributed by atoms with Crippen LogP contribution in [-0.4, -0.2) is 33.5 Å². The predicted molar refractivity (Wildman–Crippen MR) is 113 cm³/mol. The number of thioether (sulfide) groups is 1. The molecular formula is C20H17ClN4O3S. The first-order valence-corrected chi connectivity index (χ1v) is 9.92. The lowest BCUT2D eigenvalue weighted by Gasteiger charge is -2.10. The Balaban J connectivity index is 1.70. The Labute approximate surface area is 176 Å². The Bertz CT molecular complexity index is 1030. The maximum atomic E-state index is 12.7. The van der Waals surface area contributed by atoms with E-state index >= 15 is 0 Å². The fraction of sp³-hybridized carbons (Fsp3) is 0.100. The largest absolute Gasteiger partial charge is 0.387 e. The zero-order valence-electron chi connectivity index (χ0n) is 15.1. The molecule has 0 saturated carbocycles. The number of hydrogen-bond donors (Lipinski definition) is 3. The maximum absolute atomic E-state index is 12.7. The highest BCUT2D eigenvalue weighted by molar-refractivity contribution is 7.98. The van der Waals surface area contributed by atoms with Crippen LogP contribution in [0.4, 0.5) is 11.5 Å². The van der Waals surface area contributed by atoms with Gasteiger partial charge in [-0.05, 0) is 48.0 Å². The summed E-state index contributed by atoms with van der Waals surface area (Å²) in [6.45, 7) is -0.611. The van der Waals surface area contributed by atoms with Crippen LogP contribution in [0.25, 0.3) is 0 Å². The molecule has 7 nitrogen and oxygen atoms in total. The molecule has 0 bridgehead atoms. The van der Waals surface area contributed by atoms with Gasteiger partial charge in [-0.25, -0.2) is 9.97 Å². The van der Waals surface area contributed by atoms with Gasteiger partial charge < -0.3 is 15.7 Å². The van der Waals surface area contributed by atoms with Crippen LogP contribution < -0.4 is 10.6 Å². The van der Waals surface area contributed by atoms with Gasteiger partial charge in [0, 0.05) is 28.9 Å². The number of amides is 2. The van der Waals surface area contributed by atoms with Gasteiger partial charge in [0.15, 0.2) is 0 Å². The number of benzene rings is 1. The van der Waals surface area contributed by atoms with Crippen molar-refractivity contribution in [2.24, 2.45) is 0 Å². The van der Waals surface area contributed by atoms with Crippen molar-refractivity contribution < 1.29 is 14.7 Å². The van der Waals surface area contributed by atoms with Crippen LogP contribution in [0.15, 0.2) is 66.0 Å². The molecule has 0 saturated heterocycles. The summed E-state index contributed by atoms with van der Waals surface area (Å²) in [4.78, 5) is 32.3. The summed E-state index contributed by atoms with van der Waals surface area (Å²) in [5.41, 5.74) is 1.92. The van der Waals surface area contributed by atoms with Crippen molar-refractivity contribution >= 4 is 46.7 Å². The summed E-state index contributed by atoms with van der Waals surface area (Å²) in [6.07, 6.45) is 3.19. The normalized spacial score (nSPS) is 10.4. The minimum atomic E-state index is -0.611. The van der Waals surface area contributed by atoms with E-state index in [1.165, 1.54) is 11.8 Å². The van der Waals surface area contributed by atoms with E-state index in [1.54, 1.807) is 60.9 Å². The molecule has 3 rings (SSSR count). The van der Waals surface area contributed by atoms with Gasteiger partial charge in [0.1, 0.15) is 17.5 Å². The Morgan fingerprint density at radius 1 is 1.03 bits per heavy atom. The highest BCUT2D eigenvalue weighted by atomic mass is 35.5. The first-order valence-electron chi connectivity index (χ1n) is 8.55. The number of nitrogens with one attached hydrogen (secondary N) is 2. The molecule has 0 aliphatic carbocycles. The Kier molecular flexibility index (Phi) is 7.18. The van der Waals surface area contributed by atoms with Gasteiger partial charge in [-0.2, -0.15) is 0 Å². The number of aliphatic hydroxyl groups excluding tert-OH is 1.